The topological polar surface area (TPSA) is 38.3 Å². The summed E-state index contributed by atoms with van der Waals surface area (Å²) in [6.07, 6.45) is 1.35. The maximum atomic E-state index is 11.2. The van der Waals surface area contributed by atoms with E-state index in [2.05, 4.69) is 24.4 Å². The highest BCUT2D eigenvalue weighted by atomic mass is 16.5. The first-order valence-electron chi connectivity index (χ1n) is 5.96. The Kier molecular flexibility index (Phi) is 5.70. The molecule has 3 heteroatoms. The van der Waals surface area contributed by atoms with Gasteiger partial charge in [-0.2, -0.15) is 0 Å². The predicted molar refractivity (Wildman–Crippen MR) is 69.0 cm³/mol. The van der Waals surface area contributed by atoms with Crippen molar-refractivity contribution in [3.8, 4) is 0 Å². The predicted octanol–water partition coefficient (Wildman–Crippen LogP) is 2.33. The monoisotopic (exact) mass is 235 g/mol. The molecule has 0 amide bonds. The normalized spacial score (nSPS) is 14.1. The number of hydrogen-bond acceptors (Lipinski definition) is 3. The number of esters is 1. The Morgan fingerprint density at radius 1 is 1.35 bits per heavy atom. The second-order valence-corrected chi connectivity index (χ2v) is 4.31. The fourth-order valence-electron chi connectivity index (χ4n) is 1.93. The average molecular weight is 235 g/mol. The number of carbonyl (C=O) groups excluding carboxylic acids is 1. The van der Waals surface area contributed by atoms with E-state index in [0.717, 1.165) is 6.42 Å². The Morgan fingerprint density at radius 3 is 2.53 bits per heavy atom. The molecule has 0 saturated heterocycles. The Bertz CT molecular complexity index is 337. The molecule has 0 radical (unpaired) electrons. The van der Waals surface area contributed by atoms with E-state index in [1.807, 2.05) is 25.2 Å². The zero-order chi connectivity index (χ0) is 12.7. The zero-order valence-electron chi connectivity index (χ0n) is 10.8. The lowest BCUT2D eigenvalue weighted by atomic mass is 9.93. The molecule has 0 fully saturated rings. The first-order chi connectivity index (χ1) is 8.17. The Hall–Kier alpha value is -1.35. The molecule has 2 unspecified atom stereocenters. The number of carbonyl (C=O) groups is 1. The fraction of sp³-hybridized carbons (Fsp3) is 0.500. The maximum absolute atomic E-state index is 11.2. The number of rotatable bonds is 6. The van der Waals surface area contributed by atoms with Crippen molar-refractivity contribution in [2.24, 2.45) is 0 Å². The van der Waals surface area contributed by atoms with Gasteiger partial charge in [0.2, 0.25) is 0 Å². The van der Waals surface area contributed by atoms with Gasteiger partial charge < -0.3 is 10.1 Å². The minimum Gasteiger partial charge on any atom is -0.469 e. The van der Waals surface area contributed by atoms with Crippen molar-refractivity contribution in [1.29, 1.82) is 0 Å². The Labute approximate surface area is 103 Å². The van der Waals surface area contributed by atoms with E-state index in [1.165, 1.54) is 12.7 Å². The molecule has 1 N–H and O–H groups in total. The van der Waals surface area contributed by atoms with Gasteiger partial charge in [0.1, 0.15) is 0 Å². The van der Waals surface area contributed by atoms with Gasteiger partial charge in [0, 0.05) is 6.04 Å². The minimum absolute atomic E-state index is 0.162. The highest BCUT2D eigenvalue weighted by molar-refractivity contribution is 5.69. The Balaban J connectivity index is 2.53. The number of methoxy groups -OCH3 is 1. The third-order valence-electron chi connectivity index (χ3n) is 3.06. The van der Waals surface area contributed by atoms with Crippen molar-refractivity contribution in [3.63, 3.8) is 0 Å². The lowest BCUT2D eigenvalue weighted by molar-refractivity contribution is -0.141. The van der Waals surface area contributed by atoms with Crippen LogP contribution in [0, 0.1) is 0 Å². The van der Waals surface area contributed by atoms with Gasteiger partial charge >= 0.3 is 5.97 Å². The molecule has 1 rings (SSSR count). The van der Waals surface area contributed by atoms with Crippen molar-refractivity contribution < 1.29 is 9.53 Å². The van der Waals surface area contributed by atoms with Crippen molar-refractivity contribution >= 4 is 5.97 Å². The van der Waals surface area contributed by atoms with Crippen LogP contribution in [0.2, 0.25) is 0 Å². The highest BCUT2D eigenvalue weighted by Crippen LogP contribution is 2.21. The van der Waals surface area contributed by atoms with Crippen LogP contribution in [-0.4, -0.2) is 26.2 Å². The van der Waals surface area contributed by atoms with Crippen LogP contribution in [-0.2, 0) is 9.53 Å². The number of ether oxygens (including phenoxy) is 1. The lowest BCUT2D eigenvalue weighted by Crippen LogP contribution is -2.30. The standard InChI is InChI=1S/C14H21NO2/c1-11(12-7-5-4-6-8-12)9-13(15-2)10-14(16)17-3/h4-8,11,13,15H,9-10H2,1-3H3. The molecule has 2 atom stereocenters. The third-order valence-corrected chi connectivity index (χ3v) is 3.06. The van der Waals surface area contributed by atoms with Crippen LogP contribution in [0.3, 0.4) is 0 Å². The van der Waals surface area contributed by atoms with Gasteiger partial charge in [-0.15, -0.1) is 0 Å². The van der Waals surface area contributed by atoms with E-state index in [-0.39, 0.29) is 12.0 Å². The van der Waals surface area contributed by atoms with E-state index < -0.39 is 0 Å². The molecular weight excluding hydrogens is 214 g/mol. The van der Waals surface area contributed by atoms with Crippen LogP contribution in [0.4, 0.5) is 0 Å². The second kappa shape index (κ2) is 7.07. The average Bonchev–Trinajstić information content (AvgIpc) is 2.38. The molecular formula is C14H21NO2. The summed E-state index contributed by atoms with van der Waals surface area (Å²) in [5, 5.41) is 3.17. The van der Waals surface area contributed by atoms with Crippen molar-refractivity contribution in [2.75, 3.05) is 14.2 Å². The summed E-state index contributed by atoms with van der Waals surface area (Å²) in [7, 11) is 3.31. The largest absolute Gasteiger partial charge is 0.469 e. The van der Waals surface area contributed by atoms with Gasteiger partial charge in [-0.05, 0) is 24.9 Å². The highest BCUT2D eigenvalue weighted by Gasteiger charge is 2.16. The quantitative estimate of drug-likeness (QED) is 0.769. The molecule has 3 nitrogen and oxygen atoms in total. The van der Waals surface area contributed by atoms with E-state index in [9.17, 15) is 4.79 Å². The van der Waals surface area contributed by atoms with Crippen LogP contribution >= 0.6 is 0 Å². The minimum atomic E-state index is -0.162. The van der Waals surface area contributed by atoms with E-state index in [1.54, 1.807) is 0 Å². The summed E-state index contributed by atoms with van der Waals surface area (Å²) in [6, 6.07) is 10.5. The van der Waals surface area contributed by atoms with Gasteiger partial charge in [-0.3, -0.25) is 4.79 Å². The number of hydrogen-bond donors (Lipinski definition) is 1. The summed E-state index contributed by atoms with van der Waals surface area (Å²) in [6.45, 7) is 2.18. The van der Waals surface area contributed by atoms with Gasteiger partial charge in [0.25, 0.3) is 0 Å². The van der Waals surface area contributed by atoms with Crippen molar-refractivity contribution in [2.45, 2.75) is 31.7 Å². The second-order valence-electron chi connectivity index (χ2n) is 4.31. The number of benzene rings is 1. The van der Waals surface area contributed by atoms with Crippen molar-refractivity contribution in [1.82, 2.24) is 5.32 Å². The van der Waals surface area contributed by atoms with E-state index in [4.69, 9.17) is 4.74 Å². The molecule has 0 saturated carbocycles. The van der Waals surface area contributed by atoms with Crippen LogP contribution in [0.15, 0.2) is 30.3 Å². The van der Waals surface area contributed by atoms with Gasteiger partial charge in [0.05, 0.1) is 13.5 Å². The molecule has 0 spiro atoms. The molecule has 94 valence electrons. The molecule has 17 heavy (non-hydrogen) atoms. The maximum Gasteiger partial charge on any atom is 0.307 e. The number of nitrogens with one attached hydrogen (secondary N) is 1. The molecule has 0 bridgehead atoms. The van der Waals surface area contributed by atoms with Gasteiger partial charge in [0.15, 0.2) is 0 Å². The van der Waals surface area contributed by atoms with E-state index in [0.29, 0.717) is 12.3 Å². The van der Waals surface area contributed by atoms with Crippen LogP contribution in [0.1, 0.15) is 31.2 Å². The summed E-state index contributed by atoms with van der Waals surface area (Å²) in [4.78, 5) is 11.2. The first-order valence-corrected chi connectivity index (χ1v) is 5.96. The zero-order valence-corrected chi connectivity index (χ0v) is 10.8. The molecule has 0 heterocycles. The molecule has 0 aliphatic rings. The SMILES string of the molecule is CNC(CC(=O)OC)CC(C)c1ccccc1. The van der Waals surface area contributed by atoms with Crippen molar-refractivity contribution in [3.05, 3.63) is 35.9 Å². The molecule has 0 aliphatic heterocycles. The van der Waals surface area contributed by atoms with Gasteiger partial charge in [-0.1, -0.05) is 37.3 Å². The van der Waals surface area contributed by atoms with Gasteiger partial charge in [-0.25, -0.2) is 0 Å². The smallest absolute Gasteiger partial charge is 0.307 e. The summed E-state index contributed by atoms with van der Waals surface area (Å²) in [5.74, 6) is 0.267. The van der Waals surface area contributed by atoms with Crippen LogP contribution in [0.5, 0.6) is 0 Å². The van der Waals surface area contributed by atoms with E-state index >= 15 is 0 Å². The fourth-order valence-corrected chi connectivity index (χ4v) is 1.93. The van der Waals surface area contributed by atoms with Crippen LogP contribution in [0.25, 0.3) is 0 Å². The molecule has 0 aliphatic carbocycles. The third kappa shape index (κ3) is 4.57. The molecule has 1 aromatic carbocycles. The first kappa shape index (κ1) is 13.7. The lowest BCUT2D eigenvalue weighted by Gasteiger charge is -2.19. The summed E-state index contributed by atoms with van der Waals surface area (Å²) >= 11 is 0. The molecule has 0 aromatic heterocycles. The Morgan fingerprint density at radius 2 is 2.00 bits per heavy atom. The summed E-state index contributed by atoms with van der Waals surface area (Å²) < 4.78 is 4.69. The molecule has 1 aromatic rings. The van der Waals surface area contributed by atoms with Crippen LogP contribution < -0.4 is 5.32 Å². The summed E-state index contributed by atoms with van der Waals surface area (Å²) in [5.41, 5.74) is 1.30.